The summed E-state index contributed by atoms with van der Waals surface area (Å²) in [7, 11) is 0. The van der Waals surface area contributed by atoms with Crippen molar-refractivity contribution < 1.29 is 14.3 Å². The van der Waals surface area contributed by atoms with Gasteiger partial charge in [0.25, 0.3) is 11.8 Å². The number of benzene rings is 3. The Bertz CT molecular complexity index is 1410. The van der Waals surface area contributed by atoms with E-state index in [-0.39, 0.29) is 11.8 Å². The summed E-state index contributed by atoms with van der Waals surface area (Å²) in [5.74, 6) is -0.0122. The molecule has 0 radical (unpaired) electrons. The number of ether oxygens (including phenoxy) is 1. The molecule has 0 fully saturated rings. The van der Waals surface area contributed by atoms with E-state index < -0.39 is 6.10 Å². The number of hydrogen-bond donors (Lipinski definition) is 2. The quantitative estimate of drug-likeness (QED) is 0.294. The molecule has 0 aliphatic heterocycles. The van der Waals surface area contributed by atoms with Gasteiger partial charge in [-0.05, 0) is 67.8 Å². The molecular formula is C28H25ClN2O3S. The lowest BCUT2D eigenvalue weighted by Crippen LogP contribution is -2.30. The highest BCUT2D eigenvalue weighted by atomic mass is 35.5. The van der Waals surface area contributed by atoms with Crippen LogP contribution in [0.3, 0.4) is 0 Å². The summed E-state index contributed by atoms with van der Waals surface area (Å²) in [6.07, 6.45) is 3.09. The molecule has 0 bridgehead atoms. The van der Waals surface area contributed by atoms with Crippen LogP contribution in [0.1, 0.15) is 40.6 Å². The van der Waals surface area contributed by atoms with Crippen LogP contribution in [0.25, 0.3) is 10.8 Å². The molecule has 5 rings (SSSR count). The fourth-order valence-electron chi connectivity index (χ4n) is 4.42. The van der Waals surface area contributed by atoms with Gasteiger partial charge < -0.3 is 15.4 Å². The standard InChI is InChI=1S/C28H25ClN2O3S/c1-17(34-20-11-7-10-19(29)16-20)26(32)31-28-25(22-13-4-5-15-24(22)35-28)27(33)30-23-14-6-9-18-8-2-3-12-21(18)23/h2-3,6-12,14,16-17H,4-5,13,15H2,1H3,(H,30,33)(H,31,32). The maximum absolute atomic E-state index is 13.6. The Balaban J connectivity index is 1.41. The Morgan fingerprint density at radius 3 is 2.60 bits per heavy atom. The van der Waals surface area contributed by atoms with E-state index in [1.54, 1.807) is 31.2 Å². The van der Waals surface area contributed by atoms with Crippen molar-refractivity contribution in [2.24, 2.45) is 0 Å². The zero-order chi connectivity index (χ0) is 24.4. The lowest BCUT2D eigenvalue weighted by molar-refractivity contribution is -0.122. The Hall–Kier alpha value is -3.35. The van der Waals surface area contributed by atoms with Gasteiger partial charge in [-0.2, -0.15) is 0 Å². The highest BCUT2D eigenvalue weighted by Crippen LogP contribution is 2.39. The van der Waals surface area contributed by atoms with Crippen molar-refractivity contribution in [3.63, 3.8) is 0 Å². The Morgan fingerprint density at radius 1 is 0.971 bits per heavy atom. The summed E-state index contributed by atoms with van der Waals surface area (Å²) in [6.45, 7) is 1.68. The minimum absolute atomic E-state index is 0.209. The van der Waals surface area contributed by atoms with Gasteiger partial charge >= 0.3 is 0 Å². The summed E-state index contributed by atoms with van der Waals surface area (Å²) in [5, 5.41) is 9.20. The number of rotatable bonds is 6. The van der Waals surface area contributed by atoms with E-state index in [1.165, 1.54) is 11.3 Å². The van der Waals surface area contributed by atoms with Crippen molar-refractivity contribution in [2.45, 2.75) is 38.7 Å². The molecule has 178 valence electrons. The number of thiophene rings is 1. The third kappa shape index (κ3) is 5.04. The second kappa shape index (κ2) is 10.1. The molecule has 1 atom stereocenters. The highest BCUT2D eigenvalue weighted by molar-refractivity contribution is 7.17. The molecule has 1 unspecified atom stereocenters. The maximum atomic E-state index is 13.6. The summed E-state index contributed by atoms with van der Waals surface area (Å²) < 4.78 is 5.78. The molecule has 2 amide bonds. The molecule has 1 aromatic heterocycles. The first-order valence-electron chi connectivity index (χ1n) is 11.7. The zero-order valence-electron chi connectivity index (χ0n) is 19.3. The van der Waals surface area contributed by atoms with Gasteiger partial charge in [-0.1, -0.05) is 54.1 Å². The van der Waals surface area contributed by atoms with Crippen LogP contribution in [0.15, 0.2) is 66.7 Å². The average molecular weight is 505 g/mol. The minimum atomic E-state index is -0.762. The van der Waals surface area contributed by atoms with Crippen LogP contribution in [-0.4, -0.2) is 17.9 Å². The molecule has 3 aromatic carbocycles. The molecule has 0 saturated heterocycles. The van der Waals surface area contributed by atoms with E-state index in [0.717, 1.165) is 52.6 Å². The maximum Gasteiger partial charge on any atom is 0.265 e. The monoisotopic (exact) mass is 504 g/mol. The van der Waals surface area contributed by atoms with Crippen molar-refractivity contribution in [1.29, 1.82) is 0 Å². The molecule has 2 N–H and O–H groups in total. The molecule has 5 nitrogen and oxygen atoms in total. The number of hydrogen-bond acceptors (Lipinski definition) is 4. The normalized spacial score (nSPS) is 13.7. The third-order valence-corrected chi connectivity index (χ3v) is 7.59. The first-order chi connectivity index (χ1) is 17.0. The Morgan fingerprint density at radius 2 is 1.74 bits per heavy atom. The van der Waals surface area contributed by atoms with E-state index in [0.29, 0.717) is 21.3 Å². The molecule has 0 spiro atoms. The number of nitrogens with one attached hydrogen (secondary N) is 2. The lowest BCUT2D eigenvalue weighted by Gasteiger charge is -2.16. The number of anilines is 2. The van der Waals surface area contributed by atoms with Crippen molar-refractivity contribution in [3.8, 4) is 5.75 Å². The summed E-state index contributed by atoms with van der Waals surface area (Å²) in [4.78, 5) is 27.8. The van der Waals surface area contributed by atoms with Gasteiger partial charge in [-0.25, -0.2) is 0 Å². The van der Waals surface area contributed by atoms with E-state index in [9.17, 15) is 9.59 Å². The van der Waals surface area contributed by atoms with Crippen LogP contribution in [0.4, 0.5) is 10.7 Å². The smallest absolute Gasteiger partial charge is 0.265 e. The number of aryl methyl sites for hydroxylation is 1. The van der Waals surface area contributed by atoms with Gasteiger partial charge in [0.2, 0.25) is 0 Å². The van der Waals surface area contributed by atoms with Gasteiger partial charge in [0.05, 0.1) is 5.56 Å². The average Bonchev–Trinajstić information content (AvgIpc) is 3.22. The number of halogens is 1. The first kappa shape index (κ1) is 23.4. The second-order valence-corrected chi connectivity index (χ2v) is 10.1. The number of amides is 2. The molecule has 4 aromatic rings. The van der Waals surface area contributed by atoms with Crippen LogP contribution < -0.4 is 15.4 Å². The summed E-state index contributed by atoms with van der Waals surface area (Å²) in [6, 6.07) is 20.7. The van der Waals surface area contributed by atoms with Gasteiger partial charge in [-0.15, -0.1) is 11.3 Å². The van der Waals surface area contributed by atoms with Gasteiger partial charge in [-0.3, -0.25) is 9.59 Å². The van der Waals surface area contributed by atoms with Crippen molar-refractivity contribution >= 4 is 56.2 Å². The van der Waals surface area contributed by atoms with Crippen molar-refractivity contribution in [2.75, 3.05) is 10.6 Å². The zero-order valence-corrected chi connectivity index (χ0v) is 20.8. The Labute approximate surface area is 213 Å². The first-order valence-corrected chi connectivity index (χ1v) is 12.9. The topological polar surface area (TPSA) is 67.4 Å². The predicted molar refractivity (Wildman–Crippen MR) is 143 cm³/mol. The van der Waals surface area contributed by atoms with E-state index >= 15 is 0 Å². The summed E-state index contributed by atoms with van der Waals surface area (Å²) >= 11 is 7.52. The molecular weight excluding hydrogens is 480 g/mol. The molecule has 35 heavy (non-hydrogen) atoms. The van der Waals surface area contributed by atoms with Crippen LogP contribution in [0, 0.1) is 0 Å². The second-order valence-electron chi connectivity index (χ2n) is 8.60. The number of carbonyl (C=O) groups excluding carboxylic acids is 2. The SMILES string of the molecule is CC(Oc1cccc(Cl)c1)C(=O)Nc1sc2c(c1C(=O)Nc1cccc3ccccc13)CCCC2. The van der Waals surface area contributed by atoms with Crippen LogP contribution in [0.2, 0.25) is 5.02 Å². The predicted octanol–water partition coefficient (Wildman–Crippen LogP) is 7.09. The molecule has 1 aliphatic rings. The number of fused-ring (bicyclic) bond motifs is 2. The highest BCUT2D eigenvalue weighted by Gasteiger charge is 2.28. The van der Waals surface area contributed by atoms with E-state index in [1.807, 2.05) is 42.5 Å². The lowest BCUT2D eigenvalue weighted by atomic mass is 9.95. The van der Waals surface area contributed by atoms with Gasteiger partial charge in [0.15, 0.2) is 6.10 Å². The third-order valence-electron chi connectivity index (χ3n) is 6.15. The molecule has 1 heterocycles. The number of carbonyl (C=O) groups is 2. The molecule has 7 heteroatoms. The largest absolute Gasteiger partial charge is 0.481 e. The van der Waals surface area contributed by atoms with Crippen molar-refractivity contribution in [3.05, 3.63) is 87.8 Å². The van der Waals surface area contributed by atoms with Crippen molar-refractivity contribution in [1.82, 2.24) is 0 Å². The van der Waals surface area contributed by atoms with Crippen LogP contribution >= 0.6 is 22.9 Å². The Kier molecular flexibility index (Phi) is 6.75. The molecule has 0 saturated carbocycles. The summed E-state index contributed by atoms with van der Waals surface area (Å²) in [5.41, 5.74) is 2.34. The van der Waals surface area contributed by atoms with Gasteiger partial charge in [0.1, 0.15) is 10.8 Å². The van der Waals surface area contributed by atoms with Gasteiger partial charge in [0, 0.05) is 21.0 Å². The van der Waals surface area contributed by atoms with E-state index in [4.69, 9.17) is 16.3 Å². The van der Waals surface area contributed by atoms with E-state index in [2.05, 4.69) is 10.6 Å². The van der Waals surface area contributed by atoms with Crippen LogP contribution in [0.5, 0.6) is 5.75 Å². The fourth-order valence-corrected chi connectivity index (χ4v) is 5.89. The molecule has 1 aliphatic carbocycles. The minimum Gasteiger partial charge on any atom is -0.481 e. The fraction of sp³-hybridized carbons (Fsp3) is 0.214. The van der Waals surface area contributed by atoms with Crippen LogP contribution in [-0.2, 0) is 17.6 Å².